The number of benzene rings is 1. The summed E-state index contributed by atoms with van der Waals surface area (Å²) in [5.74, 6) is 0.138. The van der Waals surface area contributed by atoms with Gasteiger partial charge in [0, 0.05) is 30.6 Å². The first-order valence-corrected chi connectivity index (χ1v) is 9.87. The summed E-state index contributed by atoms with van der Waals surface area (Å²) in [6, 6.07) is 8.01. The van der Waals surface area contributed by atoms with Crippen LogP contribution >= 0.6 is 11.6 Å². The summed E-state index contributed by atoms with van der Waals surface area (Å²) in [5.41, 5.74) is 3.29. The van der Waals surface area contributed by atoms with Crippen LogP contribution in [0.1, 0.15) is 49.1 Å². The van der Waals surface area contributed by atoms with Crippen LogP contribution in [0.15, 0.2) is 30.6 Å². The normalized spacial score (nSPS) is 21.3. The minimum atomic E-state index is -0.177. The van der Waals surface area contributed by atoms with Crippen molar-refractivity contribution in [2.45, 2.75) is 63.7 Å². The van der Waals surface area contributed by atoms with E-state index in [1.165, 1.54) is 19.3 Å². The molecule has 1 amide bonds. The number of nitrogens with one attached hydrogen (secondary N) is 2. The predicted molar refractivity (Wildman–Crippen MR) is 102 cm³/mol. The SMILES string of the molecule is O=C(NC1CCCCC1)C1Cc2nc[nH]c2CN1Cc1ccc(Cl)cc1. The zero-order chi connectivity index (χ0) is 17.9. The maximum absolute atomic E-state index is 13.0. The average Bonchev–Trinajstić information content (AvgIpc) is 3.11. The fourth-order valence-corrected chi connectivity index (χ4v) is 4.21. The Morgan fingerprint density at radius 1 is 1.23 bits per heavy atom. The molecule has 1 aliphatic heterocycles. The van der Waals surface area contributed by atoms with Crippen LogP contribution in [0.25, 0.3) is 0 Å². The van der Waals surface area contributed by atoms with E-state index < -0.39 is 0 Å². The molecule has 2 aromatic rings. The minimum absolute atomic E-state index is 0.138. The highest BCUT2D eigenvalue weighted by Crippen LogP contribution is 2.24. The van der Waals surface area contributed by atoms with Crippen LogP contribution < -0.4 is 5.32 Å². The number of carbonyl (C=O) groups excluding carboxylic acids is 1. The summed E-state index contributed by atoms with van der Waals surface area (Å²) < 4.78 is 0. The Hall–Kier alpha value is -1.85. The van der Waals surface area contributed by atoms with E-state index >= 15 is 0 Å². The van der Waals surface area contributed by atoms with Gasteiger partial charge >= 0.3 is 0 Å². The molecule has 2 N–H and O–H groups in total. The van der Waals surface area contributed by atoms with E-state index in [0.717, 1.165) is 41.4 Å². The standard InChI is InChI=1S/C20H25ClN4O/c21-15-8-6-14(7-9-15)11-25-12-18-17(22-13-23-18)10-19(25)20(26)24-16-4-2-1-3-5-16/h6-9,13,16,19H,1-5,10-12H2,(H,22,23)(H,24,26). The van der Waals surface area contributed by atoms with E-state index in [0.29, 0.717) is 19.0 Å². The molecule has 0 bridgehead atoms. The molecular formula is C20H25ClN4O. The zero-order valence-electron chi connectivity index (χ0n) is 14.9. The Kier molecular flexibility index (Phi) is 5.27. The van der Waals surface area contributed by atoms with E-state index in [-0.39, 0.29) is 11.9 Å². The molecule has 1 aromatic carbocycles. The summed E-state index contributed by atoms with van der Waals surface area (Å²) in [7, 11) is 0. The van der Waals surface area contributed by atoms with Gasteiger partial charge in [-0.15, -0.1) is 0 Å². The molecule has 1 atom stereocenters. The van der Waals surface area contributed by atoms with Crippen molar-refractivity contribution in [3.8, 4) is 0 Å². The highest BCUT2D eigenvalue weighted by molar-refractivity contribution is 6.30. The molecule has 0 saturated heterocycles. The van der Waals surface area contributed by atoms with Gasteiger partial charge in [-0.25, -0.2) is 4.98 Å². The molecule has 2 heterocycles. The molecule has 26 heavy (non-hydrogen) atoms. The van der Waals surface area contributed by atoms with E-state index in [1.807, 2.05) is 24.3 Å². The van der Waals surface area contributed by atoms with Gasteiger partial charge in [0.05, 0.1) is 23.8 Å². The maximum atomic E-state index is 13.0. The third kappa shape index (κ3) is 3.94. The molecule has 1 aromatic heterocycles. The number of H-pyrrole nitrogens is 1. The van der Waals surface area contributed by atoms with Gasteiger partial charge in [0.15, 0.2) is 0 Å². The number of fused-ring (bicyclic) bond motifs is 1. The lowest BCUT2D eigenvalue weighted by Gasteiger charge is -2.35. The Balaban J connectivity index is 1.50. The Morgan fingerprint density at radius 2 is 2.00 bits per heavy atom. The third-order valence-corrected chi connectivity index (χ3v) is 5.80. The number of hydrogen-bond acceptors (Lipinski definition) is 3. The molecule has 0 radical (unpaired) electrons. The lowest BCUT2D eigenvalue weighted by molar-refractivity contribution is -0.128. The second-order valence-corrected chi connectivity index (χ2v) is 7.86. The molecule has 5 nitrogen and oxygen atoms in total. The number of halogens is 1. The summed E-state index contributed by atoms with van der Waals surface area (Å²) in [6.45, 7) is 1.43. The second kappa shape index (κ2) is 7.80. The first-order chi connectivity index (χ1) is 12.7. The van der Waals surface area contributed by atoms with Crippen molar-refractivity contribution in [1.29, 1.82) is 0 Å². The summed E-state index contributed by atoms with van der Waals surface area (Å²) in [5, 5.41) is 4.03. The van der Waals surface area contributed by atoms with Gasteiger partial charge in [-0.2, -0.15) is 0 Å². The van der Waals surface area contributed by atoms with Gasteiger partial charge < -0.3 is 10.3 Å². The molecule has 1 saturated carbocycles. The number of hydrogen-bond donors (Lipinski definition) is 2. The van der Waals surface area contributed by atoms with Crippen LogP contribution in [-0.4, -0.2) is 32.9 Å². The zero-order valence-corrected chi connectivity index (χ0v) is 15.6. The van der Waals surface area contributed by atoms with Crippen molar-refractivity contribution < 1.29 is 4.79 Å². The largest absolute Gasteiger partial charge is 0.352 e. The number of aromatic amines is 1. The monoisotopic (exact) mass is 372 g/mol. The molecule has 1 unspecified atom stereocenters. The van der Waals surface area contributed by atoms with Gasteiger partial charge in [-0.3, -0.25) is 9.69 Å². The van der Waals surface area contributed by atoms with Crippen molar-refractivity contribution in [3.63, 3.8) is 0 Å². The Bertz CT molecular complexity index is 751. The second-order valence-electron chi connectivity index (χ2n) is 7.42. The molecule has 6 heteroatoms. The van der Waals surface area contributed by atoms with Crippen molar-refractivity contribution in [3.05, 3.63) is 52.6 Å². The lowest BCUT2D eigenvalue weighted by Crippen LogP contribution is -2.52. The van der Waals surface area contributed by atoms with Crippen molar-refractivity contribution >= 4 is 17.5 Å². The molecule has 1 fully saturated rings. The Morgan fingerprint density at radius 3 is 2.77 bits per heavy atom. The lowest BCUT2D eigenvalue weighted by atomic mass is 9.94. The average molecular weight is 373 g/mol. The third-order valence-electron chi connectivity index (χ3n) is 5.55. The molecule has 0 spiro atoms. The first-order valence-electron chi connectivity index (χ1n) is 9.49. The smallest absolute Gasteiger partial charge is 0.238 e. The van der Waals surface area contributed by atoms with Crippen molar-refractivity contribution in [2.75, 3.05) is 0 Å². The van der Waals surface area contributed by atoms with E-state index in [4.69, 9.17) is 11.6 Å². The topological polar surface area (TPSA) is 61.0 Å². The molecule has 1 aliphatic carbocycles. The van der Waals surface area contributed by atoms with Gasteiger partial charge in [0.2, 0.25) is 5.91 Å². The van der Waals surface area contributed by atoms with E-state index in [9.17, 15) is 4.79 Å². The van der Waals surface area contributed by atoms with Gasteiger partial charge in [0.1, 0.15) is 0 Å². The van der Waals surface area contributed by atoms with Gasteiger partial charge in [-0.05, 0) is 30.5 Å². The van der Waals surface area contributed by atoms with Crippen molar-refractivity contribution in [2.24, 2.45) is 0 Å². The summed E-state index contributed by atoms with van der Waals surface area (Å²) in [4.78, 5) is 22.9. The summed E-state index contributed by atoms with van der Waals surface area (Å²) in [6.07, 6.45) is 8.31. The highest BCUT2D eigenvalue weighted by atomic mass is 35.5. The number of amides is 1. The first kappa shape index (κ1) is 17.6. The molecule has 2 aliphatic rings. The highest BCUT2D eigenvalue weighted by Gasteiger charge is 2.34. The van der Waals surface area contributed by atoms with E-state index in [1.54, 1.807) is 6.33 Å². The van der Waals surface area contributed by atoms with E-state index in [2.05, 4.69) is 20.2 Å². The van der Waals surface area contributed by atoms with Crippen LogP contribution in [0.3, 0.4) is 0 Å². The van der Waals surface area contributed by atoms with Gasteiger partial charge in [-0.1, -0.05) is 43.0 Å². The number of aromatic nitrogens is 2. The van der Waals surface area contributed by atoms with Gasteiger partial charge in [0.25, 0.3) is 0 Å². The molecule has 4 rings (SSSR count). The van der Waals surface area contributed by atoms with Crippen molar-refractivity contribution in [1.82, 2.24) is 20.2 Å². The number of imidazole rings is 1. The fraction of sp³-hybridized carbons (Fsp3) is 0.500. The molecule has 138 valence electrons. The van der Waals surface area contributed by atoms with Crippen LogP contribution in [-0.2, 0) is 24.3 Å². The fourth-order valence-electron chi connectivity index (χ4n) is 4.08. The van der Waals surface area contributed by atoms with Crippen LogP contribution in [0.4, 0.5) is 0 Å². The minimum Gasteiger partial charge on any atom is -0.352 e. The molecular weight excluding hydrogens is 348 g/mol. The van der Waals surface area contributed by atoms with Crippen LogP contribution in [0, 0.1) is 0 Å². The van der Waals surface area contributed by atoms with Crippen LogP contribution in [0.2, 0.25) is 5.02 Å². The van der Waals surface area contributed by atoms with Crippen LogP contribution in [0.5, 0.6) is 0 Å². The number of rotatable bonds is 4. The summed E-state index contributed by atoms with van der Waals surface area (Å²) >= 11 is 6.00. The number of nitrogens with zero attached hydrogens (tertiary/aromatic N) is 2. The maximum Gasteiger partial charge on any atom is 0.238 e. The predicted octanol–water partition coefficient (Wildman–Crippen LogP) is 3.44. The number of carbonyl (C=O) groups is 1. The quantitative estimate of drug-likeness (QED) is 0.864. The Labute approximate surface area is 159 Å².